The van der Waals surface area contributed by atoms with Crippen molar-refractivity contribution in [3.63, 3.8) is 0 Å². The van der Waals surface area contributed by atoms with Gasteiger partial charge in [0.15, 0.2) is 5.54 Å². The molecule has 1 N–H and O–H groups in total. The number of aliphatic carboxylic acids is 1. The van der Waals surface area contributed by atoms with Crippen LogP contribution in [0, 0.1) is 0 Å². The van der Waals surface area contributed by atoms with Gasteiger partial charge in [-0.15, -0.1) is 0 Å². The first-order valence-electron chi connectivity index (χ1n) is 9.34. The summed E-state index contributed by atoms with van der Waals surface area (Å²) in [6.45, 7) is 5.41. The molecule has 152 valence electrons. The van der Waals surface area contributed by atoms with Crippen LogP contribution >= 0.6 is 0 Å². The summed E-state index contributed by atoms with van der Waals surface area (Å²) in [7, 11) is 0. The molecule has 2 amide bonds. The third-order valence-corrected chi connectivity index (χ3v) is 5.05. The van der Waals surface area contributed by atoms with Crippen LogP contribution in [0.5, 0.6) is 0 Å². The predicted octanol–water partition coefficient (Wildman–Crippen LogP) is 2.86. The number of carbonyl (C=O) groups excluding carboxylic acids is 2. The fourth-order valence-electron chi connectivity index (χ4n) is 3.83. The molecular weight excluding hydrogens is 364 g/mol. The number of nitrogens with zero attached hydrogens (tertiary/aromatic N) is 2. The Balaban J connectivity index is 1.73. The highest BCUT2D eigenvalue weighted by Gasteiger charge is 2.60. The predicted molar refractivity (Wildman–Crippen MR) is 99.7 cm³/mol. The number of rotatable bonds is 3. The molecule has 0 radical (unpaired) electrons. The van der Waals surface area contributed by atoms with Gasteiger partial charge in [0.25, 0.3) is 0 Å². The lowest BCUT2D eigenvalue weighted by atomic mass is 9.95. The molecule has 0 aliphatic carbocycles. The minimum Gasteiger partial charge on any atom is -0.479 e. The minimum absolute atomic E-state index is 0.108. The molecule has 1 aromatic carbocycles. The van der Waals surface area contributed by atoms with E-state index in [1.165, 1.54) is 9.80 Å². The van der Waals surface area contributed by atoms with Gasteiger partial charge in [0.05, 0.1) is 12.6 Å². The van der Waals surface area contributed by atoms with E-state index in [9.17, 15) is 19.5 Å². The lowest BCUT2D eigenvalue weighted by molar-refractivity contribution is -0.153. The van der Waals surface area contributed by atoms with E-state index in [2.05, 4.69) is 0 Å². The highest BCUT2D eigenvalue weighted by molar-refractivity contribution is 5.87. The Bertz CT molecular complexity index is 760. The zero-order valence-electron chi connectivity index (χ0n) is 16.4. The SMILES string of the molecule is CC(C)(C)OC(=O)N1C2CCC1(C(=O)O)CN(C(=O)OCc1ccccc1)C2. The lowest BCUT2D eigenvalue weighted by Gasteiger charge is -2.45. The summed E-state index contributed by atoms with van der Waals surface area (Å²) in [5, 5.41) is 9.91. The first kappa shape index (κ1) is 20.0. The van der Waals surface area contributed by atoms with Gasteiger partial charge in [-0.05, 0) is 39.2 Å². The standard InChI is InChI=1S/C20H26N2O6/c1-19(2,3)28-18(26)22-15-9-10-20(22,16(23)24)13-21(11-15)17(25)27-12-14-7-5-4-6-8-14/h4-8,15H,9-13H2,1-3H3,(H,23,24). The van der Waals surface area contributed by atoms with E-state index >= 15 is 0 Å². The van der Waals surface area contributed by atoms with E-state index < -0.39 is 35.3 Å². The van der Waals surface area contributed by atoms with Gasteiger partial charge in [0.1, 0.15) is 12.2 Å². The van der Waals surface area contributed by atoms with Crippen molar-refractivity contribution in [1.29, 1.82) is 0 Å². The van der Waals surface area contributed by atoms with Gasteiger partial charge in [0, 0.05) is 6.54 Å². The van der Waals surface area contributed by atoms with Crippen LogP contribution in [-0.2, 0) is 20.9 Å². The number of carboxylic acids is 1. The molecule has 2 saturated heterocycles. The zero-order valence-corrected chi connectivity index (χ0v) is 16.4. The van der Waals surface area contributed by atoms with E-state index in [0.717, 1.165) is 5.56 Å². The van der Waals surface area contributed by atoms with Crippen LogP contribution < -0.4 is 0 Å². The molecule has 1 aromatic rings. The summed E-state index contributed by atoms with van der Waals surface area (Å²) in [6, 6.07) is 8.84. The van der Waals surface area contributed by atoms with E-state index in [1.807, 2.05) is 30.3 Å². The molecule has 2 heterocycles. The third kappa shape index (κ3) is 3.90. The Morgan fingerprint density at radius 2 is 1.86 bits per heavy atom. The average Bonchev–Trinajstić information content (AvgIpc) is 2.87. The second-order valence-corrected chi connectivity index (χ2v) is 8.30. The summed E-state index contributed by atoms with van der Waals surface area (Å²) < 4.78 is 10.8. The van der Waals surface area contributed by atoms with Crippen molar-refractivity contribution in [3.05, 3.63) is 35.9 Å². The van der Waals surface area contributed by atoms with Crippen molar-refractivity contribution in [2.45, 2.75) is 57.4 Å². The molecule has 2 aliphatic heterocycles. The second-order valence-electron chi connectivity index (χ2n) is 8.30. The Morgan fingerprint density at radius 3 is 2.46 bits per heavy atom. The van der Waals surface area contributed by atoms with E-state index in [0.29, 0.717) is 6.42 Å². The topological polar surface area (TPSA) is 96.4 Å². The fraction of sp³-hybridized carbons (Fsp3) is 0.550. The maximum atomic E-state index is 12.7. The maximum absolute atomic E-state index is 12.7. The normalized spacial score (nSPS) is 24.0. The number of carbonyl (C=O) groups is 3. The number of fused-ring (bicyclic) bond motifs is 2. The van der Waals surface area contributed by atoms with Gasteiger partial charge in [-0.25, -0.2) is 14.4 Å². The van der Waals surface area contributed by atoms with Gasteiger partial charge in [-0.2, -0.15) is 0 Å². The minimum atomic E-state index is -1.49. The van der Waals surface area contributed by atoms with Crippen molar-refractivity contribution in [1.82, 2.24) is 9.80 Å². The summed E-state index contributed by atoms with van der Waals surface area (Å²) in [5.74, 6) is -1.14. The first-order valence-corrected chi connectivity index (χ1v) is 9.34. The number of likely N-dealkylation sites (tertiary alicyclic amines) is 1. The van der Waals surface area contributed by atoms with Crippen molar-refractivity contribution >= 4 is 18.2 Å². The first-order chi connectivity index (χ1) is 13.1. The Kier molecular flexibility index (Phi) is 5.23. The molecule has 0 aromatic heterocycles. The van der Waals surface area contributed by atoms with Crippen LogP contribution in [0.2, 0.25) is 0 Å². The number of carboxylic acid groups (broad SMARTS) is 1. The largest absolute Gasteiger partial charge is 0.479 e. The van der Waals surface area contributed by atoms with Gasteiger partial charge >= 0.3 is 18.2 Å². The van der Waals surface area contributed by atoms with Gasteiger partial charge in [0.2, 0.25) is 0 Å². The molecule has 2 fully saturated rings. The Hall–Kier alpha value is -2.77. The quantitative estimate of drug-likeness (QED) is 0.852. The summed E-state index contributed by atoms with van der Waals surface area (Å²) in [6.07, 6.45) is -0.470. The van der Waals surface area contributed by atoms with Gasteiger partial charge < -0.3 is 19.5 Å². The second kappa shape index (κ2) is 7.33. The maximum Gasteiger partial charge on any atom is 0.411 e. The number of ether oxygens (including phenoxy) is 2. The smallest absolute Gasteiger partial charge is 0.411 e. The van der Waals surface area contributed by atoms with Crippen molar-refractivity contribution in [3.8, 4) is 0 Å². The number of benzene rings is 1. The summed E-state index contributed by atoms with van der Waals surface area (Å²) in [5.41, 5.74) is -1.38. The number of hydrogen-bond acceptors (Lipinski definition) is 5. The van der Waals surface area contributed by atoms with Crippen LogP contribution in [0.25, 0.3) is 0 Å². The molecule has 0 spiro atoms. The molecular formula is C20H26N2O6. The monoisotopic (exact) mass is 390 g/mol. The number of piperazine rings is 1. The van der Waals surface area contributed by atoms with Gasteiger partial charge in [-0.3, -0.25) is 4.90 Å². The number of hydrogen-bond donors (Lipinski definition) is 1. The summed E-state index contributed by atoms with van der Waals surface area (Å²) in [4.78, 5) is 40.0. The highest BCUT2D eigenvalue weighted by Crippen LogP contribution is 2.40. The van der Waals surface area contributed by atoms with Crippen molar-refractivity contribution in [2.24, 2.45) is 0 Å². The fourth-order valence-corrected chi connectivity index (χ4v) is 3.83. The van der Waals surface area contributed by atoms with Crippen LogP contribution in [0.15, 0.2) is 30.3 Å². The third-order valence-electron chi connectivity index (χ3n) is 5.05. The molecule has 8 nitrogen and oxygen atoms in total. The molecule has 2 aliphatic rings. The molecule has 2 unspecified atom stereocenters. The van der Waals surface area contributed by atoms with Crippen LogP contribution in [0.3, 0.4) is 0 Å². The van der Waals surface area contributed by atoms with Crippen molar-refractivity contribution < 1.29 is 29.0 Å². The van der Waals surface area contributed by atoms with E-state index in [-0.39, 0.29) is 26.1 Å². The summed E-state index contributed by atoms with van der Waals surface area (Å²) >= 11 is 0. The number of amides is 2. The highest BCUT2D eigenvalue weighted by atomic mass is 16.6. The van der Waals surface area contributed by atoms with Crippen molar-refractivity contribution in [2.75, 3.05) is 13.1 Å². The van der Waals surface area contributed by atoms with Gasteiger partial charge in [-0.1, -0.05) is 30.3 Å². The molecule has 28 heavy (non-hydrogen) atoms. The van der Waals surface area contributed by atoms with Crippen LogP contribution in [0.4, 0.5) is 9.59 Å². The van der Waals surface area contributed by atoms with E-state index in [4.69, 9.17) is 9.47 Å². The molecule has 0 saturated carbocycles. The zero-order chi connectivity index (χ0) is 20.5. The lowest BCUT2D eigenvalue weighted by Crippen LogP contribution is -2.67. The Labute approximate surface area is 164 Å². The molecule has 3 rings (SSSR count). The molecule has 2 atom stereocenters. The average molecular weight is 390 g/mol. The Morgan fingerprint density at radius 1 is 1.18 bits per heavy atom. The van der Waals surface area contributed by atoms with Crippen LogP contribution in [-0.4, -0.2) is 63.3 Å². The van der Waals surface area contributed by atoms with E-state index in [1.54, 1.807) is 20.8 Å². The molecule has 2 bridgehead atoms. The molecule has 8 heteroatoms. The van der Waals surface area contributed by atoms with Crippen LogP contribution in [0.1, 0.15) is 39.2 Å².